The summed E-state index contributed by atoms with van der Waals surface area (Å²) in [6, 6.07) is 6.64. The highest BCUT2D eigenvalue weighted by molar-refractivity contribution is 5.75. The minimum Gasteiger partial charge on any atom is -0.370 e. The minimum absolute atomic E-state index is 0.186. The van der Waals surface area contributed by atoms with Crippen molar-refractivity contribution in [2.24, 2.45) is 16.5 Å². The van der Waals surface area contributed by atoms with Crippen molar-refractivity contribution in [3.63, 3.8) is 0 Å². The van der Waals surface area contributed by atoms with E-state index >= 15 is 0 Å². The summed E-state index contributed by atoms with van der Waals surface area (Å²) < 4.78 is 0. The van der Waals surface area contributed by atoms with E-state index in [0.29, 0.717) is 0 Å². The number of hydrogen-bond acceptors (Lipinski definition) is 1. The molecule has 0 spiro atoms. The summed E-state index contributed by atoms with van der Waals surface area (Å²) in [5, 5.41) is 0. The predicted octanol–water partition coefficient (Wildman–Crippen LogP) is 1.90. The van der Waals surface area contributed by atoms with Gasteiger partial charge in [-0.3, -0.25) is 4.99 Å². The predicted molar refractivity (Wildman–Crippen MR) is 69.5 cm³/mol. The topological polar surface area (TPSA) is 64.4 Å². The van der Waals surface area contributed by atoms with Crippen LogP contribution in [0.2, 0.25) is 0 Å². The quantitative estimate of drug-likeness (QED) is 0.451. The number of unbranched alkanes of at least 4 members (excludes halogenated alkanes) is 1. The van der Waals surface area contributed by atoms with Crippen LogP contribution in [0.4, 0.5) is 0 Å². The van der Waals surface area contributed by atoms with Crippen LogP contribution in [0.15, 0.2) is 23.2 Å². The normalized spacial score (nSPS) is 10.1. The lowest BCUT2D eigenvalue weighted by Crippen LogP contribution is -2.22. The van der Waals surface area contributed by atoms with Gasteiger partial charge in [-0.2, -0.15) is 0 Å². The van der Waals surface area contributed by atoms with Crippen LogP contribution in [0, 0.1) is 13.8 Å². The number of aliphatic imine (C=N–C) groups is 1. The number of rotatable bonds is 5. The van der Waals surface area contributed by atoms with Crippen LogP contribution in [-0.4, -0.2) is 12.5 Å². The van der Waals surface area contributed by atoms with E-state index in [1.54, 1.807) is 0 Å². The van der Waals surface area contributed by atoms with Crippen molar-refractivity contribution < 1.29 is 0 Å². The van der Waals surface area contributed by atoms with Gasteiger partial charge in [0.25, 0.3) is 0 Å². The molecule has 0 radical (unpaired) electrons. The van der Waals surface area contributed by atoms with Gasteiger partial charge in [0.2, 0.25) is 0 Å². The number of benzene rings is 1. The molecule has 0 bridgehead atoms. The van der Waals surface area contributed by atoms with Crippen LogP contribution >= 0.6 is 0 Å². The molecule has 4 N–H and O–H groups in total. The first-order valence-electron chi connectivity index (χ1n) is 5.71. The molecule has 0 atom stereocenters. The largest absolute Gasteiger partial charge is 0.370 e. The highest BCUT2D eigenvalue weighted by Gasteiger charge is 1.96. The maximum Gasteiger partial charge on any atom is 0.185 e. The van der Waals surface area contributed by atoms with E-state index in [-0.39, 0.29) is 5.96 Å². The zero-order valence-corrected chi connectivity index (χ0v) is 10.2. The summed E-state index contributed by atoms with van der Waals surface area (Å²) in [5.74, 6) is 0.186. The van der Waals surface area contributed by atoms with E-state index in [1.165, 1.54) is 16.7 Å². The molecule has 0 fully saturated rings. The Morgan fingerprint density at radius 2 is 1.88 bits per heavy atom. The van der Waals surface area contributed by atoms with E-state index < -0.39 is 0 Å². The van der Waals surface area contributed by atoms with Crippen molar-refractivity contribution in [1.82, 2.24) is 0 Å². The fraction of sp³-hybridized carbons (Fsp3) is 0.462. The molecule has 88 valence electrons. The number of nitrogens with two attached hydrogens (primary N) is 2. The standard InChI is InChI=1S/C13H21N3/c1-10-6-7-12(9-11(10)2)5-3-4-8-16-13(14)15/h6-7,9H,3-5,8H2,1-2H3,(H4,14,15,16). The van der Waals surface area contributed by atoms with Crippen LogP contribution in [0.25, 0.3) is 0 Å². The highest BCUT2D eigenvalue weighted by Crippen LogP contribution is 2.12. The molecule has 3 heteroatoms. The Balaban J connectivity index is 2.32. The molecule has 0 saturated carbocycles. The van der Waals surface area contributed by atoms with Gasteiger partial charge in [0, 0.05) is 6.54 Å². The highest BCUT2D eigenvalue weighted by atomic mass is 15.0. The molecule has 3 nitrogen and oxygen atoms in total. The molecular formula is C13H21N3. The third kappa shape index (κ3) is 4.34. The molecular weight excluding hydrogens is 198 g/mol. The lowest BCUT2D eigenvalue weighted by Gasteiger charge is -2.04. The monoisotopic (exact) mass is 219 g/mol. The average molecular weight is 219 g/mol. The molecule has 0 saturated heterocycles. The Kier molecular flexibility index (Phi) is 4.83. The van der Waals surface area contributed by atoms with Gasteiger partial charge < -0.3 is 11.5 Å². The van der Waals surface area contributed by atoms with Crippen LogP contribution in [-0.2, 0) is 6.42 Å². The molecule has 0 aliphatic rings. The van der Waals surface area contributed by atoms with E-state index in [9.17, 15) is 0 Å². The van der Waals surface area contributed by atoms with Gasteiger partial charge in [-0.25, -0.2) is 0 Å². The van der Waals surface area contributed by atoms with Crippen molar-refractivity contribution in [2.45, 2.75) is 33.1 Å². The molecule has 1 aromatic rings. The van der Waals surface area contributed by atoms with Gasteiger partial charge in [-0.05, 0) is 49.8 Å². The smallest absolute Gasteiger partial charge is 0.185 e. The summed E-state index contributed by atoms with van der Waals surface area (Å²) >= 11 is 0. The summed E-state index contributed by atoms with van der Waals surface area (Å²) in [5.41, 5.74) is 14.6. The van der Waals surface area contributed by atoms with Crippen LogP contribution in [0.3, 0.4) is 0 Å². The molecule has 0 aliphatic carbocycles. The second-order valence-corrected chi connectivity index (χ2v) is 4.18. The maximum atomic E-state index is 5.25. The van der Waals surface area contributed by atoms with Crippen molar-refractivity contribution >= 4 is 5.96 Å². The van der Waals surface area contributed by atoms with Gasteiger partial charge in [0.1, 0.15) is 0 Å². The molecule has 1 rings (SSSR count). The Labute approximate surface area is 97.6 Å². The SMILES string of the molecule is Cc1ccc(CCCCN=C(N)N)cc1C. The molecule has 0 aliphatic heterocycles. The van der Waals surface area contributed by atoms with Crippen LogP contribution in [0.1, 0.15) is 29.5 Å². The number of guanidine groups is 1. The number of hydrogen-bond donors (Lipinski definition) is 2. The minimum atomic E-state index is 0.186. The summed E-state index contributed by atoms with van der Waals surface area (Å²) in [4.78, 5) is 3.96. The molecule has 0 amide bonds. The van der Waals surface area contributed by atoms with Crippen molar-refractivity contribution in [2.75, 3.05) is 6.54 Å². The van der Waals surface area contributed by atoms with E-state index in [2.05, 4.69) is 37.0 Å². The first-order valence-corrected chi connectivity index (χ1v) is 5.71. The fourth-order valence-corrected chi connectivity index (χ4v) is 1.61. The molecule has 0 heterocycles. The Morgan fingerprint density at radius 3 is 2.50 bits per heavy atom. The second-order valence-electron chi connectivity index (χ2n) is 4.18. The molecule has 1 aromatic carbocycles. The zero-order valence-electron chi connectivity index (χ0n) is 10.2. The summed E-state index contributed by atoms with van der Waals surface area (Å²) in [7, 11) is 0. The first kappa shape index (κ1) is 12.6. The first-order chi connectivity index (χ1) is 7.59. The average Bonchev–Trinajstić information content (AvgIpc) is 2.22. The van der Waals surface area contributed by atoms with Gasteiger partial charge >= 0.3 is 0 Å². The van der Waals surface area contributed by atoms with Gasteiger partial charge in [0.05, 0.1) is 0 Å². The maximum absolute atomic E-state index is 5.25. The second kappa shape index (κ2) is 6.16. The van der Waals surface area contributed by atoms with Gasteiger partial charge in [-0.15, -0.1) is 0 Å². The molecule has 0 aromatic heterocycles. The van der Waals surface area contributed by atoms with Gasteiger partial charge in [0.15, 0.2) is 5.96 Å². The van der Waals surface area contributed by atoms with Crippen molar-refractivity contribution in [3.05, 3.63) is 34.9 Å². The van der Waals surface area contributed by atoms with Crippen molar-refractivity contribution in [1.29, 1.82) is 0 Å². The fourth-order valence-electron chi connectivity index (χ4n) is 1.61. The Morgan fingerprint density at radius 1 is 1.12 bits per heavy atom. The lowest BCUT2D eigenvalue weighted by molar-refractivity contribution is 0.744. The third-order valence-electron chi connectivity index (χ3n) is 2.74. The summed E-state index contributed by atoms with van der Waals surface area (Å²) in [6.45, 7) is 5.02. The van der Waals surface area contributed by atoms with Crippen molar-refractivity contribution in [3.8, 4) is 0 Å². The van der Waals surface area contributed by atoms with Crippen LogP contribution in [0.5, 0.6) is 0 Å². The molecule has 16 heavy (non-hydrogen) atoms. The number of nitrogens with zero attached hydrogens (tertiary/aromatic N) is 1. The van der Waals surface area contributed by atoms with E-state index in [4.69, 9.17) is 11.5 Å². The number of aryl methyl sites for hydroxylation is 3. The van der Waals surface area contributed by atoms with E-state index in [0.717, 1.165) is 25.8 Å². The Hall–Kier alpha value is -1.51. The summed E-state index contributed by atoms with van der Waals surface area (Å²) in [6.07, 6.45) is 3.26. The Bertz CT molecular complexity index is 365. The lowest BCUT2D eigenvalue weighted by atomic mass is 10.0. The third-order valence-corrected chi connectivity index (χ3v) is 2.74. The molecule has 0 unspecified atom stereocenters. The van der Waals surface area contributed by atoms with Gasteiger partial charge in [-0.1, -0.05) is 18.2 Å². The van der Waals surface area contributed by atoms with Crippen LogP contribution < -0.4 is 11.5 Å². The zero-order chi connectivity index (χ0) is 12.0. The van der Waals surface area contributed by atoms with E-state index in [1.807, 2.05) is 0 Å².